The highest BCUT2D eigenvalue weighted by Gasteiger charge is 2.14. The minimum absolute atomic E-state index is 0.124. The first-order valence-corrected chi connectivity index (χ1v) is 9.53. The van der Waals surface area contributed by atoms with Gasteiger partial charge < -0.3 is 10.1 Å². The summed E-state index contributed by atoms with van der Waals surface area (Å²) in [7, 11) is 1.52. The second-order valence-corrected chi connectivity index (χ2v) is 7.27. The number of ether oxygens (including phenoxy) is 1. The Kier molecular flexibility index (Phi) is 6.20. The van der Waals surface area contributed by atoms with Gasteiger partial charge in [-0.05, 0) is 53.2 Å². The van der Waals surface area contributed by atoms with Crippen molar-refractivity contribution in [2.24, 2.45) is 0 Å². The number of aromatic nitrogens is 4. The number of aryl methyl sites for hydroxylation is 1. The summed E-state index contributed by atoms with van der Waals surface area (Å²) in [6, 6.07) is 10.5. The van der Waals surface area contributed by atoms with Gasteiger partial charge in [0.05, 0.1) is 24.2 Å². The fourth-order valence-corrected chi connectivity index (χ4v) is 3.23. The van der Waals surface area contributed by atoms with Crippen LogP contribution in [0.3, 0.4) is 0 Å². The Morgan fingerprint density at radius 1 is 1.26 bits per heavy atom. The first-order valence-electron chi connectivity index (χ1n) is 7.79. The van der Waals surface area contributed by atoms with Gasteiger partial charge in [0.15, 0.2) is 0 Å². The zero-order valence-corrected chi connectivity index (χ0v) is 16.8. The van der Waals surface area contributed by atoms with Gasteiger partial charge in [-0.25, -0.2) is 0 Å². The van der Waals surface area contributed by atoms with E-state index < -0.39 is 0 Å². The number of nitrogens with one attached hydrogen (secondary N) is 1. The van der Waals surface area contributed by atoms with E-state index >= 15 is 0 Å². The molecule has 1 heterocycles. The van der Waals surface area contributed by atoms with Gasteiger partial charge in [0, 0.05) is 16.1 Å². The molecule has 0 aliphatic rings. The molecule has 1 amide bonds. The third-order valence-corrected chi connectivity index (χ3v) is 5.18. The van der Waals surface area contributed by atoms with Crippen molar-refractivity contribution in [3.63, 3.8) is 0 Å². The van der Waals surface area contributed by atoms with E-state index in [0.29, 0.717) is 26.6 Å². The minimum Gasteiger partial charge on any atom is -0.495 e. The van der Waals surface area contributed by atoms with Gasteiger partial charge in [-0.15, -0.1) is 5.10 Å². The molecule has 0 fully saturated rings. The van der Waals surface area contributed by atoms with Gasteiger partial charge >= 0.3 is 0 Å². The van der Waals surface area contributed by atoms with Crippen LogP contribution in [0.1, 0.15) is 5.56 Å². The fraction of sp³-hybridized carbons (Fsp3) is 0.176. The molecule has 3 aromatic rings. The molecule has 3 rings (SSSR count). The molecular weight excluding hydrogens is 409 g/mol. The SMILES string of the molecule is COc1cc(Cl)c(C)cc1NC(=O)CSc1nnnn1-c1ccc(Cl)cc1. The van der Waals surface area contributed by atoms with Crippen molar-refractivity contribution in [2.75, 3.05) is 18.2 Å². The topological polar surface area (TPSA) is 81.9 Å². The first kappa shape index (κ1) is 19.5. The van der Waals surface area contributed by atoms with Crippen LogP contribution >= 0.6 is 35.0 Å². The first-order chi connectivity index (χ1) is 13.0. The lowest BCUT2D eigenvalue weighted by Gasteiger charge is -2.12. The Hall–Kier alpha value is -2.29. The monoisotopic (exact) mass is 423 g/mol. The molecule has 0 unspecified atom stereocenters. The molecule has 7 nitrogen and oxygen atoms in total. The molecule has 1 N–H and O–H groups in total. The van der Waals surface area contributed by atoms with Gasteiger partial charge in [-0.2, -0.15) is 4.68 Å². The van der Waals surface area contributed by atoms with Gasteiger partial charge in [-0.1, -0.05) is 35.0 Å². The highest BCUT2D eigenvalue weighted by atomic mass is 35.5. The van der Waals surface area contributed by atoms with Crippen LogP contribution in [-0.4, -0.2) is 39.0 Å². The summed E-state index contributed by atoms with van der Waals surface area (Å²) in [5.41, 5.74) is 2.15. The number of thioether (sulfide) groups is 1. The van der Waals surface area contributed by atoms with Gasteiger partial charge in [0.1, 0.15) is 5.75 Å². The zero-order chi connectivity index (χ0) is 19.4. The third kappa shape index (κ3) is 4.71. The highest BCUT2D eigenvalue weighted by molar-refractivity contribution is 7.99. The molecule has 0 saturated carbocycles. The van der Waals surface area contributed by atoms with Crippen LogP contribution in [0.5, 0.6) is 5.75 Å². The minimum atomic E-state index is -0.217. The lowest BCUT2D eigenvalue weighted by atomic mass is 10.2. The van der Waals surface area contributed by atoms with Crippen molar-refractivity contribution in [3.05, 3.63) is 52.0 Å². The Bertz CT molecular complexity index is 962. The number of amides is 1. The summed E-state index contributed by atoms with van der Waals surface area (Å²) in [5, 5.41) is 16.1. The third-order valence-electron chi connectivity index (χ3n) is 3.60. The Labute approximate surface area is 170 Å². The maximum absolute atomic E-state index is 12.3. The number of rotatable bonds is 6. The van der Waals surface area contributed by atoms with Gasteiger partial charge in [-0.3, -0.25) is 4.79 Å². The molecule has 0 bridgehead atoms. The number of methoxy groups -OCH3 is 1. The Balaban J connectivity index is 1.68. The van der Waals surface area contributed by atoms with E-state index in [0.717, 1.165) is 11.3 Å². The largest absolute Gasteiger partial charge is 0.495 e. The Morgan fingerprint density at radius 3 is 2.70 bits per heavy atom. The second-order valence-electron chi connectivity index (χ2n) is 5.49. The van der Waals surface area contributed by atoms with Gasteiger partial charge in [0.2, 0.25) is 11.1 Å². The summed E-state index contributed by atoms with van der Waals surface area (Å²) in [6.45, 7) is 1.85. The summed E-state index contributed by atoms with van der Waals surface area (Å²) < 4.78 is 6.81. The number of anilines is 1. The number of tetrazole rings is 1. The van der Waals surface area contributed by atoms with Crippen LogP contribution in [0.2, 0.25) is 10.0 Å². The molecule has 2 aromatic carbocycles. The van der Waals surface area contributed by atoms with Crippen molar-refractivity contribution in [2.45, 2.75) is 12.1 Å². The van der Waals surface area contributed by atoms with Crippen molar-refractivity contribution in [1.82, 2.24) is 20.2 Å². The maximum Gasteiger partial charge on any atom is 0.234 e. The molecular formula is C17H15Cl2N5O2S. The summed E-state index contributed by atoms with van der Waals surface area (Å²) in [5.74, 6) is 0.402. The van der Waals surface area contributed by atoms with Crippen LogP contribution in [0.25, 0.3) is 5.69 Å². The predicted octanol–water partition coefficient (Wildman–Crippen LogP) is 4.02. The molecule has 140 valence electrons. The van der Waals surface area contributed by atoms with Crippen molar-refractivity contribution in [1.29, 1.82) is 0 Å². The van der Waals surface area contributed by atoms with Crippen molar-refractivity contribution in [3.8, 4) is 11.4 Å². The molecule has 1 aromatic heterocycles. The fourth-order valence-electron chi connectivity index (χ4n) is 2.26. The molecule has 0 aliphatic carbocycles. The lowest BCUT2D eigenvalue weighted by molar-refractivity contribution is -0.113. The number of halogens is 2. The van der Waals surface area contributed by atoms with Crippen LogP contribution < -0.4 is 10.1 Å². The Morgan fingerprint density at radius 2 is 2.00 bits per heavy atom. The zero-order valence-electron chi connectivity index (χ0n) is 14.4. The van der Waals surface area contributed by atoms with E-state index in [1.54, 1.807) is 41.1 Å². The molecule has 0 spiro atoms. The summed E-state index contributed by atoms with van der Waals surface area (Å²) in [6.07, 6.45) is 0. The lowest BCUT2D eigenvalue weighted by Crippen LogP contribution is -2.15. The molecule has 27 heavy (non-hydrogen) atoms. The van der Waals surface area contributed by atoms with Gasteiger partial charge in [0.25, 0.3) is 0 Å². The van der Waals surface area contributed by atoms with E-state index in [4.69, 9.17) is 27.9 Å². The predicted molar refractivity (Wildman–Crippen MR) is 106 cm³/mol. The summed E-state index contributed by atoms with van der Waals surface area (Å²) in [4.78, 5) is 12.3. The van der Waals surface area contributed by atoms with E-state index in [9.17, 15) is 4.79 Å². The average molecular weight is 424 g/mol. The van der Waals surface area contributed by atoms with E-state index in [2.05, 4.69) is 20.8 Å². The standard InChI is InChI=1S/C17H15Cl2N5O2S/c1-10-7-14(15(26-2)8-13(10)19)20-16(25)9-27-17-21-22-23-24(17)12-5-3-11(18)4-6-12/h3-8H,9H2,1-2H3,(H,20,25). The maximum atomic E-state index is 12.3. The molecule has 0 radical (unpaired) electrons. The molecule has 0 saturated heterocycles. The summed E-state index contributed by atoms with van der Waals surface area (Å²) >= 11 is 13.2. The van der Waals surface area contributed by atoms with Crippen LogP contribution in [-0.2, 0) is 4.79 Å². The molecule has 0 atom stereocenters. The van der Waals surface area contributed by atoms with E-state index in [1.165, 1.54) is 18.9 Å². The van der Waals surface area contributed by atoms with Crippen LogP contribution in [0.15, 0.2) is 41.6 Å². The van der Waals surface area contributed by atoms with Crippen LogP contribution in [0, 0.1) is 6.92 Å². The number of carbonyl (C=O) groups excluding carboxylic acids is 1. The van der Waals surface area contributed by atoms with E-state index in [-0.39, 0.29) is 11.7 Å². The second kappa shape index (κ2) is 8.60. The van der Waals surface area contributed by atoms with Crippen LogP contribution in [0.4, 0.5) is 5.69 Å². The smallest absolute Gasteiger partial charge is 0.234 e. The quantitative estimate of drug-likeness (QED) is 0.602. The molecule has 10 heteroatoms. The number of nitrogens with zero attached hydrogens (tertiary/aromatic N) is 4. The molecule has 0 aliphatic heterocycles. The average Bonchev–Trinajstić information content (AvgIpc) is 3.12. The van der Waals surface area contributed by atoms with Crippen molar-refractivity contribution >= 4 is 46.6 Å². The number of hydrogen-bond donors (Lipinski definition) is 1. The van der Waals surface area contributed by atoms with Crippen molar-refractivity contribution < 1.29 is 9.53 Å². The number of benzene rings is 2. The number of hydrogen-bond acceptors (Lipinski definition) is 6. The normalized spacial score (nSPS) is 10.7. The van der Waals surface area contributed by atoms with E-state index in [1.807, 2.05) is 6.92 Å². The number of carbonyl (C=O) groups is 1. The highest BCUT2D eigenvalue weighted by Crippen LogP contribution is 2.31.